The van der Waals surface area contributed by atoms with Crippen LogP contribution in [0.15, 0.2) is 29.2 Å². The molecule has 1 aliphatic carbocycles. The van der Waals surface area contributed by atoms with Gasteiger partial charge in [-0.05, 0) is 50.3 Å². The lowest BCUT2D eigenvalue weighted by atomic mass is 10.2. The molecule has 25 heavy (non-hydrogen) atoms. The van der Waals surface area contributed by atoms with Crippen LogP contribution in [0.1, 0.15) is 43.1 Å². The summed E-state index contributed by atoms with van der Waals surface area (Å²) in [6.07, 6.45) is 4.41. The molecule has 2 heterocycles. The maximum Gasteiger partial charge on any atom is 0.267 e. The summed E-state index contributed by atoms with van der Waals surface area (Å²) in [6, 6.07) is 4.55. The molecule has 0 aromatic carbocycles. The number of aromatic nitrogens is 3. The van der Waals surface area contributed by atoms with E-state index in [9.17, 15) is 9.59 Å². The predicted octanol–water partition coefficient (Wildman–Crippen LogP) is 1.40. The van der Waals surface area contributed by atoms with E-state index < -0.39 is 6.04 Å². The van der Waals surface area contributed by atoms with Gasteiger partial charge in [-0.3, -0.25) is 9.59 Å². The third kappa shape index (κ3) is 3.87. The highest BCUT2D eigenvalue weighted by molar-refractivity contribution is 5.79. The van der Waals surface area contributed by atoms with E-state index in [2.05, 4.69) is 15.4 Å². The van der Waals surface area contributed by atoms with Crippen LogP contribution in [0, 0.1) is 0 Å². The Kier molecular flexibility index (Phi) is 5.11. The summed E-state index contributed by atoms with van der Waals surface area (Å²) in [4.78, 5) is 28.7. The Morgan fingerprint density at radius 3 is 3.04 bits per heavy atom. The summed E-state index contributed by atoms with van der Waals surface area (Å²) in [7, 11) is 0. The molecule has 0 saturated heterocycles. The maximum absolute atomic E-state index is 12.4. The van der Waals surface area contributed by atoms with Gasteiger partial charge in [0.15, 0.2) is 0 Å². The van der Waals surface area contributed by atoms with Crippen molar-refractivity contribution in [3.8, 4) is 5.88 Å². The zero-order valence-electron chi connectivity index (χ0n) is 14.5. The van der Waals surface area contributed by atoms with Crippen LogP contribution < -0.4 is 15.6 Å². The van der Waals surface area contributed by atoms with E-state index in [1.54, 1.807) is 25.3 Å². The zero-order valence-corrected chi connectivity index (χ0v) is 14.5. The van der Waals surface area contributed by atoms with Crippen molar-refractivity contribution in [1.29, 1.82) is 0 Å². The summed E-state index contributed by atoms with van der Waals surface area (Å²) in [6.45, 7) is 4.45. The first-order valence-electron chi connectivity index (χ1n) is 8.55. The Hall–Kier alpha value is -2.70. The Morgan fingerprint density at radius 1 is 1.40 bits per heavy atom. The highest BCUT2D eigenvalue weighted by Crippen LogP contribution is 2.18. The summed E-state index contributed by atoms with van der Waals surface area (Å²) in [5.41, 5.74) is 2.59. The van der Waals surface area contributed by atoms with Gasteiger partial charge < -0.3 is 10.1 Å². The van der Waals surface area contributed by atoms with E-state index in [1.807, 2.05) is 13.0 Å². The van der Waals surface area contributed by atoms with E-state index in [-0.39, 0.29) is 11.5 Å². The third-order valence-corrected chi connectivity index (χ3v) is 4.29. The van der Waals surface area contributed by atoms with Crippen LogP contribution in [0.25, 0.3) is 0 Å². The molecule has 1 unspecified atom stereocenters. The van der Waals surface area contributed by atoms with Crippen molar-refractivity contribution in [2.45, 2.75) is 45.7 Å². The number of nitrogens with zero attached hydrogens (tertiary/aromatic N) is 3. The first-order chi connectivity index (χ1) is 12.1. The van der Waals surface area contributed by atoms with Gasteiger partial charge in [0.25, 0.3) is 5.56 Å². The van der Waals surface area contributed by atoms with Gasteiger partial charge in [0.05, 0.1) is 12.3 Å². The number of fused-ring (bicyclic) bond motifs is 1. The number of amides is 1. The normalized spacial score (nSPS) is 14.0. The fourth-order valence-corrected chi connectivity index (χ4v) is 2.93. The summed E-state index contributed by atoms with van der Waals surface area (Å²) >= 11 is 0. The lowest BCUT2D eigenvalue weighted by Gasteiger charge is -2.15. The average molecular weight is 342 g/mol. The number of carbonyl (C=O) groups is 1. The molecule has 0 spiro atoms. The molecule has 1 N–H and O–H groups in total. The fraction of sp³-hybridized carbons (Fsp3) is 0.444. The summed E-state index contributed by atoms with van der Waals surface area (Å²) < 4.78 is 6.62. The lowest BCUT2D eigenvalue weighted by molar-refractivity contribution is -0.124. The van der Waals surface area contributed by atoms with Gasteiger partial charge in [-0.2, -0.15) is 5.10 Å². The number of ether oxygens (including phenoxy) is 1. The van der Waals surface area contributed by atoms with Gasteiger partial charge >= 0.3 is 0 Å². The fourth-order valence-electron chi connectivity index (χ4n) is 2.93. The molecule has 1 aliphatic rings. The maximum atomic E-state index is 12.4. The molecule has 7 nitrogen and oxygen atoms in total. The second-order valence-corrected chi connectivity index (χ2v) is 6.08. The minimum absolute atomic E-state index is 0.231. The SMILES string of the molecule is CCOc1cc(CNC(=O)C(C)n2nc3c(cc2=O)CCC3)ccn1. The van der Waals surface area contributed by atoms with E-state index in [1.165, 1.54) is 4.68 Å². The van der Waals surface area contributed by atoms with Crippen molar-refractivity contribution in [2.24, 2.45) is 0 Å². The molecule has 0 fully saturated rings. The minimum Gasteiger partial charge on any atom is -0.478 e. The number of rotatable bonds is 6. The van der Waals surface area contributed by atoms with Crippen LogP contribution in [0.5, 0.6) is 5.88 Å². The molecule has 2 aromatic heterocycles. The van der Waals surface area contributed by atoms with Gasteiger partial charge in [0.1, 0.15) is 6.04 Å². The van der Waals surface area contributed by atoms with Crippen LogP contribution in [0.2, 0.25) is 0 Å². The third-order valence-electron chi connectivity index (χ3n) is 4.29. The van der Waals surface area contributed by atoms with E-state index in [4.69, 9.17) is 4.74 Å². The molecule has 1 atom stereocenters. The first kappa shape index (κ1) is 17.1. The van der Waals surface area contributed by atoms with Crippen molar-refractivity contribution in [3.63, 3.8) is 0 Å². The van der Waals surface area contributed by atoms with Crippen molar-refractivity contribution >= 4 is 5.91 Å². The second kappa shape index (κ2) is 7.46. The average Bonchev–Trinajstić information content (AvgIpc) is 3.06. The smallest absolute Gasteiger partial charge is 0.267 e. The quantitative estimate of drug-likeness (QED) is 0.858. The van der Waals surface area contributed by atoms with Crippen molar-refractivity contribution in [3.05, 3.63) is 51.6 Å². The van der Waals surface area contributed by atoms with Crippen molar-refractivity contribution < 1.29 is 9.53 Å². The van der Waals surface area contributed by atoms with E-state index >= 15 is 0 Å². The summed E-state index contributed by atoms with van der Waals surface area (Å²) in [5, 5.41) is 7.22. The molecule has 0 aliphatic heterocycles. The Labute approximate surface area is 146 Å². The number of pyridine rings is 1. The van der Waals surface area contributed by atoms with E-state index in [0.29, 0.717) is 19.0 Å². The van der Waals surface area contributed by atoms with Crippen molar-refractivity contribution in [1.82, 2.24) is 20.1 Å². The second-order valence-electron chi connectivity index (χ2n) is 6.08. The van der Waals surface area contributed by atoms with Gasteiger partial charge in [-0.1, -0.05) is 0 Å². The number of aryl methyl sites for hydroxylation is 2. The van der Waals surface area contributed by atoms with Crippen molar-refractivity contribution in [2.75, 3.05) is 6.61 Å². The molecule has 2 aromatic rings. The van der Waals surface area contributed by atoms with Crippen LogP contribution >= 0.6 is 0 Å². The molecular weight excluding hydrogens is 320 g/mol. The van der Waals surface area contributed by atoms with E-state index in [0.717, 1.165) is 36.1 Å². The Morgan fingerprint density at radius 2 is 2.24 bits per heavy atom. The van der Waals surface area contributed by atoms with Gasteiger partial charge in [-0.25, -0.2) is 9.67 Å². The van der Waals surface area contributed by atoms with Crippen LogP contribution in [0.3, 0.4) is 0 Å². The predicted molar refractivity (Wildman–Crippen MR) is 92.5 cm³/mol. The van der Waals surface area contributed by atoms with Gasteiger partial charge in [0, 0.05) is 24.9 Å². The first-order valence-corrected chi connectivity index (χ1v) is 8.55. The monoisotopic (exact) mass is 342 g/mol. The molecule has 1 amide bonds. The zero-order chi connectivity index (χ0) is 17.8. The molecular formula is C18H22N4O3. The number of hydrogen-bond acceptors (Lipinski definition) is 5. The number of carbonyl (C=O) groups excluding carboxylic acids is 1. The standard InChI is InChI=1S/C18H22N4O3/c1-3-25-16-9-13(7-8-19-16)11-20-18(24)12(2)22-17(23)10-14-5-4-6-15(14)21-22/h7-10,12H,3-6,11H2,1-2H3,(H,20,24). The van der Waals surface area contributed by atoms with Crippen LogP contribution in [-0.4, -0.2) is 27.3 Å². The number of nitrogens with one attached hydrogen (secondary N) is 1. The molecule has 0 saturated carbocycles. The van der Waals surface area contributed by atoms with Gasteiger partial charge in [0.2, 0.25) is 11.8 Å². The van der Waals surface area contributed by atoms with Crippen LogP contribution in [0.4, 0.5) is 0 Å². The highest BCUT2D eigenvalue weighted by atomic mass is 16.5. The minimum atomic E-state index is -0.661. The molecule has 0 bridgehead atoms. The largest absolute Gasteiger partial charge is 0.478 e. The summed E-state index contributed by atoms with van der Waals surface area (Å²) in [5.74, 6) is 0.279. The number of hydrogen-bond donors (Lipinski definition) is 1. The highest BCUT2D eigenvalue weighted by Gasteiger charge is 2.21. The van der Waals surface area contributed by atoms with Crippen LogP contribution in [-0.2, 0) is 24.2 Å². The molecule has 132 valence electrons. The molecule has 3 rings (SSSR count). The molecule has 7 heteroatoms. The van der Waals surface area contributed by atoms with Gasteiger partial charge in [-0.15, -0.1) is 0 Å². The lowest BCUT2D eigenvalue weighted by Crippen LogP contribution is -2.37. The Bertz CT molecular complexity index is 831. The Balaban J connectivity index is 1.67. The topological polar surface area (TPSA) is 86.1 Å². The molecule has 0 radical (unpaired) electrons.